The van der Waals surface area contributed by atoms with E-state index in [9.17, 15) is 0 Å². The van der Waals surface area contributed by atoms with Crippen LogP contribution in [-0.4, -0.2) is 35.3 Å². The average molecular weight is 280 g/mol. The van der Waals surface area contributed by atoms with Gasteiger partial charge in [0.2, 0.25) is 0 Å². The minimum Gasteiger partial charge on any atom is -0.383 e. The summed E-state index contributed by atoms with van der Waals surface area (Å²) in [6.07, 6.45) is 1.78. The van der Waals surface area contributed by atoms with Crippen LogP contribution in [0.15, 0.2) is 6.20 Å². The standard InChI is InChI=1S/C7H13IN4/c1-11(2)3-4-12-7(9)6(8)5-10-12/h5H,3-4,9H2,1-2H3. The van der Waals surface area contributed by atoms with Crippen molar-refractivity contribution in [2.75, 3.05) is 26.4 Å². The maximum atomic E-state index is 5.76. The molecule has 12 heavy (non-hydrogen) atoms. The first-order valence-electron chi connectivity index (χ1n) is 3.73. The Kier molecular flexibility index (Phi) is 3.33. The Hall–Kier alpha value is -0.300. The number of rotatable bonds is 3. The highest BCUT2D eigenvalue weighted by atomic mass is 127. The van der Waals surface area contributed by atoms with E-state index < -0.39 is 0 Å². The van der Waals surface area contributed by atoms with Crippen molar-refractivity contribution in [2.45, 2.75) is 6.54 Å². The first-order chi connectivity index (χ1) is 5.61. The van der Waals surface area contributed by atoms with E-state index in [1.807, 2.05) is 18.8 Å². The summed E-state index contributed by atoms with van der Waals surface area (Å²) in [5.74, 6) is 0.762. The van der Waals surface area contributed by atoms with Gasteiger partial charge >= 0.3 is 0 Å². The van der Waals surface area contributed by atoms with Crippen LogP contribution in [0.4, 0.5) is 5.82 Å². The number of anilines is 1. The number of nitrogens with two attached hydrogens (primary N) is 1. The Morgan fingerprint density at radius 1 is 1.67 bits per heavy atom. The van der Waals surface area contributed by atoms with E-state index in [0.717, 1.165) is 22.5 Å². The fourth-order valence-electron chi connectivity index (χ4n) is 0.845. The summed E-state index contributed by atoms with van der Waals surface area (Å²) in [5, 5.41) is 4.14. The molecule has 0 spiro atoms. The van der Waals surface area contributed by atoms with Crippen molar-refractivity contribution in [1.82, 2.24) is 14.7 Å². The van der Waals surface area contributed by atoms with Crippen molar-refractivity contribution in [2.24, 2.45) is 0 Å². The number of nitrogen functional groups attached to an aromatic ring is 1. The molecular formula is C7H13IN4. The molecule has 0 amide bonds. The van der Waals surface area contributed by atoms with Gasteiger partial charge in [-0.15, -0.1) is 0 Å². The van der Waals surface area contributed by atoms with Crippen LogP contribution < -0.4 is 5.73 Å². The predicted octanol–water partition coefficient (Wildman–Crippen LogP) is 0.631. The molecule has 0 unspecified atom stereocenters. The molecule has 1 aromatic heterocycles. The Morgan fingerprint density at radius 2 is 2.33 bits per heavy atom. The molecule has 1 rings (SSSR count). The van der Waals surface area contributed by atoms with Gasteiger partial charge in [-0.05, 0) is 36.7 Å². The lowest BCUT2D eigenvalue weighted by molar-refractivity contribution is 0.375. The molecule has 0 aliphatic carbocycles. The van der Waals surface area contributed by atoms with E-state index in [1.165, 1.54) is 0 Å². The molecule has 68 valence electrons. The number of nitrogens with zero attached hydrogens (tertiary/aromatic N) is 3. The SMILES string of the molecule is CN(C)CCn1ncc(I)c1N. The highest BCUT2D eigenvalue weighted by molar-refractivity contribution is 14.1. The van der Waals surface area contributed by atoms with Crippen molar-refractivity contribution in [3.05, 3.63) is 9.77 Å². The van der Waals surface area contributed by atoms with Gasteiger partial charge in [-0.1, -0.05) is 0 Å². The minimum absolute atomic E-state index is 0.762. The summed E-state index contributed by atoms with van der Waals surface area (Å²) in [6, 6.07) is 0. The zero-order chi connectivity index (χ0) is 9.14. The van der Waals surface area contributed by atoms with Crippen LogP contribution in [0.5, 0.6) is 0 Å². The number of hydrogen-bond acceptors (Lipinski definition) is 3. The maximum Gasteiger partial charge on any atom is 0.135 e. The summed E-state index contributed by atoms with van der Waals surface area (Å²) in [4.78, 5) is 2.11. The van der Waals surface area contributed by atoms with Crippen LogP contribution in [0.1, 0.15) is 0 Å². The van der Waals surface area contributed by atoms with E-state index in [-0.39, 0.29) is 0 Å². The summed E-state index contributed by atoms with van der Waals surface area (Å²) in [7, 11) is 4.06. The fraction of sp³-hybridized carbons (Fsp3) is 0.571. The smallest absolute Gasteiger partial charge is 0.135 e. The third-order valence-corrected chi connectivity index (χ3v) is 2.42. The Balaban J connectivity index is 2.58. The van der Waals surface area contributed by atoms with E-state index >= 15 is 0 Å². The number of hydrogen-bond donors (Lipinski definition) is 1. The Morgan fingerprint density at radius 3 is 2.75 bits per heavy atom. The highest BCUT2D eigenvalue weighted by Crippen LogP contribution is 2.12. The third kappa shape index (κ3) is 2.34. The van der Waals surface area contributed by atoms with Crippen LogP contribution >= 0.6 is 22.6 Å². The van der Waals surface area contributed by atoms with Gasteiger partial charge in [0, 0.05) is 6.54 Å². The lowest BCUT2D eigenvalue weighted by atomic mass is 10.5. The molecule has 0 aliphatic heterocycles. The molecule has 0 atom stereocenters. The Bertz CT molecular complexity index is 256. The molecular weight excluding hydrogens is 267 g/mol. The van der Waals surface area contributed by atoms with Gasteiger partial charge < -0.3 is 10.6 Å². The minimum atomic E-state index is 0.762. The molecule has 1 heterocycles. The zero-order valence-corrected chi connectivity index (χ0v) is 9.45. The van der Waals surface area contributed by atoms with Crippen molar-refractivity contribution in [1.29, 1.82) is 0 Å². The predicted molar refractivity (Wildman–Crippen MR) is 57.9 cm³/mol. The first-order valence-corrected chi connectivity index (χ1v) is 4.80. The van der Waals surface area contributed by atoms with E-state index in [0.29, 0.717) is 0 Å². The second-order valence-electron chi connectivity index (χ2n) is 2.90. The average Bonchev–Trinajstić information content (AvgIpc) is 2.30. The van der Waals surface area contributed by atoms with Crippen LogP contribution in [0.2, 0.25) is 0 Å². The van der Waals surface area contributed by atoms with Crippen molar-refractivity contribution in [3.8, 4) is 0 Å². The first kappa shape index (κ1) is 9.79. The molecule has 5 heteroatoms. The molecule has 1 aromatic rings. The third-order valence-electron chi connectivity index (χ3n) is 1.59. The fourth-order valence-corrected chi connectivity index (χ4v) is 1.25. The molecule has 0 radical (unpaired) electrons. The van der Waals surface area contributed by atoms with E-state index in [4.69, 9.17) is 5.73 Å². The number of likely N-dealkylation sites (N-methyl/N-ethyl adjacent to an activating group) is 1. The molecule has 4 nitrogen and oxygen atoms in total. The summed E-state index contributed by atoms with van der Waals surface area (Å²) < 4.78 is 2.84. The van der Waals surface area contributed by atoms with Gasteiger partial charge in [0.25, 0.3) is 0 Å². The van der Waals surface area contributed by atoms with Crippen LogP contribution in [-0.2, 0) is 6.54 Å². The second kappa shape index (κ2) is 4.08. The molecule has 0 aromatic carbocycles. The van der Waals surface area contributed by atoms with Gasteiger partial charge in [-0.2, -0.15) is 5.10 Å². The highest BCUT2D eigenvalue weighted by Gasteiger charge is 2.03. The van der Waals surface area contributed by atoms with Crippen molar-refractivity contribution < 1.29 is 0 Å². The number of halogens is 1. The summed E-state index contributed by atoms with van der Waals surface area (Å²) >= 11 is 2.18. The summed E-state index contributed by atoms with van der Waals surface area (Å²) in [6.45, 7) is 1.81. The van der Waals surface area contributed by atoms with Gasteiger partial charge in [-0.3, -0.25) is 0 Å². The van der Waals surface area contributed by atoms with Gasteiger partial charge in [0.1, 0.15) is 5.82 Å². The zero-order valence-electron chi connectivity index (χ0n) is 7.29. The van der Waals surface area contributed by atoms with Crippen molar-refractivity contribution >= 4 is 28.4 Å². The van der Waals surface area contributed by atoms with Gasteiger partial charge in [0.05, 0.1) is 16.3 Å². The van der Waals surface area contributed by atoms with Crippen LogP contribution in [0.25, 0.3) is 0 Å². The normalized spacial score (nSPS) is 11.0. The van der Waals surface area contributed by atoms with Gasteiger partial charge in [0.15, 0.2) is 0 Å². The van der Waals surface area contributed by atoms with E-state index in [2.05, 4.69) is 32.6 Å². The maximum absolute atomic E-state index is 5.76. The summed E-state index contributed by atoms with van der Waals surface area (Å²) in [5.41, 5.74) is 5.76. The second-order valence-corrected chi connectivity index (χ2v) is 4.07. The topological polar surface area (TPSA) is 47.1 Å². The van der Waals surface area contributed by atoms with E-state index in [1.54, 1.807) is 6.20 Å². The molecule has 2 N–H and O–H groups in total. The molecule has 0 saturated carbocycles. The lowest BCUT2D eigenvalue weighted by Gasteiger charge is -2.09. The van der Waals surface area contributed by atoms with Gasteiger partial charge in [-0.25, -0.2) is 4.68 Å². The molecule has 0 fully saturated rings. The molecule has 0 bridgehead atoms. The van der Waals surface area contributed by atoms with Crippen LogP contribution in [0, 0.1) is 3.57 Å². The lowest BCUT2D eigenvalue weighted by Crippen LogP contribution is -2.19. The van der Waals surface area contributed by atoms with Crippen LogP contribution in [0.3, 0.4) is 0 Å². The largest absolute Gasteiger partial charge is 0.383 e. The molecule has 0 saturated heterocycles. The molecule has 0 aliphatic rings. The monoisotopic (exact) mass is 280 g/mol. The Labute approximate surface area is 85.9 Å². The quantitative estimate of drug-likeness (QED) is 0.826. The number of aromatic nitrogens is 2. The van der Waals surface area contributed by atoms with Crippen molar-refractivity contribution in [3.63, 3.8) is 0 Å².